The predicted octanol–water partition coefficient (Wildman–Crippen LogP) is 4.20. The van der Waals surface area contributed by atoms with E-state index in [9.17, 15) is 22.6 Å². The van der Waals surface area contributed by atoms with Gasteiger partial charge in [-0.05, 0) is 43.6 Å². The average Bonchev–Trinajstić information content (AvgIpc) is 3.16. The molecule has 0 heterocycles. The molecule has 1 saturated carbocycles. The molecule has 0 radical (unpaired) electrons. The van der Waals surface area contributed by atoms with Crippen LogP contribution < -0.4 is 4.74 Å². The number of fused-ring (bicyclic) bond motifs is 1. The van der Waals surface area contributed by atoms with E-state index in [4.69, 9.17) is 9.47 Å². The fourth-order valence-electron chi connectivity index (χ4n) is 3.70. The molecule has 1 N–H and O–H groups in total. The van der Waals surface area contributed by atoms with Crippen molar-refractivity contribution in [1.29, 1.82) is 0 Å². The fraction of sp³-hybridized carbons (Fsp3) is 0.364. The summed E-state index contributed by atoms with van der Waals surface area (Å²) in [5.41, 5.74) is -0.529. The van der Waals surface area contributed by atoms with E-state index in [0.29, 0.717) is 17.2 Å². The lowest BCUT2D eigenvalue weighted by molar-refractivity contribution is -0.155. The third-order valence-corrected chi connectivity index (χ3v) is 6.27. The van der Waals surface area contributed by atoms with Crippen LogP contribution in [0.3, 0.4) is 0 Å². The number of hydrogen-bond donors (Lipinski definition) is 1. The summed E-state index contributed by atoms with van der Waals surface area (Å²) in [6.45, 7) is 5.61. The molecule has 8 heteroatoms. The highest BCUT2D eigenvalue weighted by atomic mass is 32.2. The Morgan fingerprint density at radius 1 is 1.17 bits per heavy atom. The van der Waals surface area contributed by atoms with E-state index < -0.39 is 39.0 Å². The van der Waals surface area contributed by atoms with Gasteiger partial charge >= 0.3 is 11.9 Å². The Morgan fingerprint density at radius 3 is 2.47 bits per heavy atom. The molecule has 3 rings (SSSR count). The highest BCUT2D eigenvalue weighted by Crippen LogP contribution is 2.36. The van der Waals surface area contributed by atoms with Crippen LogP contribution in [0, 0.1) is 0 Å². The number of hydrogen-bond acceptors (Lipinski definition) is 6. The molecule has 2 aromatic carbocycles. The van der Waals surface area contributed by atoms with Crippen molar-refractivity contribution in [3.8, 4) is 5.75 Å². The molecule has 1 aliphatic carbocycles. The number of esters is 2. The summed E-state index contributed by atoms with van der Waals surface area (Å²) in [6.07, 6.45) is 3.87. The third-order valence-electron chi connectivity index (χ3n) is 5.43. The van der Waals surface area contributed by atoms with Gasteiger partial charge in [0.2, 0.25) is 0 Å². The quantitative estimate of drug-likeness (QED) is 0.302. The van der Waals surface area contributed by atoms with Crippen molar-refractivity contribution in [1.82, 2.24) is 0 Å². The smallest absolute Gasteiger partial charge is 0.334 e. The molecule has 0 unspecified atom stereocenters. The second-order valence-electron chi connectivity index (χ2n) is 7.51. The summed E-state index contributed by atoms with van der Waals surface area (Å²) in [6, 6.07) is 9.02. The second kappa shape index (κ2) is 8.57. The van der Waals surface area contributed by atoms with Crippen LogP contribution in [0.15, 0.2) is 53.4 Å². The summed E-state index contributed by atoms with van der Waals surface area (Å²) in [5, 5.41) is 0.960. The molecule has 0 bridgehead atoms. The summed E-state index contributed by atoms with van der Waals surface area (Å²) in [4.78, 5) is 24.4. The minimum Gasteiger partial charge on any atom is -0.456 e. The van der Waals surface area contributed by atoms with Gasteiger partial charge in [0, 0.05) is 17.0 Å². The Kier molecular flexibility index (Phi) is 6.28. The maximum absolute atomic E-state index is 12.4. The highest BCUT2D eigenvalue weighted by Gasteiger charge is 2.36. The van der Waals surface area contributed by atoms with E-state index in [1.165, 1.54) is 6.07 Å². The topological polar surface area (TPSA) is 107 Å². The lowest BCUT2D eigenvalue weighted by Crippen LogP contribution is -2.32. The molecule has 30 heavy (non-hydrogen) atoms. The minimum absolute atomic E-state index is 0.0324. The molecule has 0 atom stereocenters. The van der Waals surface area contributed by atoms with Gasteiger partial charge in [0.25, 0.3) is 10.1 Å². The standard InChI is InChI=1S/C22H24O7S/c1-3-22(10-6-7-11-22)29-21(24)15(2)12-20(23)28-19-14-17(30(25,26)27)13-16-8-4-5-9-18(16)19/h4-5,8-9,13-14H,2-3,6-7,10-12H2,1H3,(H,25,26,27). The van der Waals surface area contributed by atoms with Crippen LogP contribution in [0.4, 0.5) is 0 Å². The normalized spacial score (nSPS) is 15.7. The first kappa shape index (κ1) is 22.0. The highest BCUT2D eigenvalue weighted by molar-refractivity contribution is 7.85. The zero-order valence-corrected chi connectivity index (χ0v) is 17.5. The van der Waals surface area contributed by atoms with Crippen molar-refractivity contribution in [2.75, 3.05) is 0 Å². The van der Waals surface area contributed by atoms with Gasteiger partial charge in [0.15, 0.2) is 0 Å². The van der Waals surface area contributed by atoms with Gasteiger partial charge in [-0.25, -0.2) is 4.79 Å². The van der Waals surface area contributed by atoms with Crippen molar-refractivity contribution in [2.45, 2.75) is 55.9 Å². The van der Waals surface area contributed by atoms with Crippen molar-refractivity contribution in [3.63, 3.8) is 0 Å². The van der Waals surface area contributed by atoms with Crippen LogP contribution in [-0.4, -0.2) is 30.5 Å². The number of carbonyl (C=O) groups excluding carboxylic acids is 2. The molecule has 1 fully saturated rings. The van der Waals surface area contributed by atoms with Gasteiger partial charge in [0.05, 0.1) is 11.3 Å². The Labute approximate surface area is 175 Å². The monoisotopic (exact) mass is 432 g/mol. The van der Waals surface area contributed by atoms with Gasteiger partial charge in [-0.1, -0.05) is 37.8 Å². The molecule has 0 aliphatic heterocycles. The molecule has 7 nitrogen and oxygen atoms in total. The van der Waals surface area contributed by atoms with Gasteiger partial charge in [-0.3, -0.25) is 9.35 Å². The first-order valence-electron chi connectivity index (χ1n) is 9.76. The first-order chi connectivity index (χ1) is 14.1. The van der Waals surface area contributed by atoms with E-state index in [1.807, 2.05) is 6.92 Å². The predicted molar refractivity (Wildman–Crippen MR) is 111 cm³/mol. The van der Waals surface area contributed by atoms with Crippen molar-refractivity contribution < 1.29 is 32.0 Å². The Morgan fingerprint density at radius 2 is 1.83 bits per heavy atom. The summed E-state index contributed by atoms with van der Waals surface area (Å²) < 4.78 is 43.4. The number of carbonyl (C=O) groups is 2. The average molecular weight is 432 g/mol. The molecule has 160 valence electrons. The molecule has 0 saturated heterocycles. The van der Waals surface area contributed by atoms with Crippen LogP contribution in [0.2, 0.25) is 0 Å². The summed E-state index contributed by atoms with van der Waals surface area (Å²) in [7, 11) is -4.50. The zero-order chi connectivity index (χ0) is 21.9. The van der Waals surface area contributed by atoms with Crippen molar-refractivity contribution in [3.05, 3.63) is 48.6 Å². The van der Waals surface area contributed by atoms with Crippen molar-refractivity contribution >= 4 is 32.8 Å². The van der Waals surface area contributed by atoms with E-state index in [0.717, 1.165) is 31.7 Å². The first-order valence-corrected chi connectivity index (χ1v) is 11.2. The van der Waals surface area contributed by atoms with Gasteiger partial charge in [-0.15, -0.1) is 0 Å². The molecular weight excluding hydrogens is 408 g/mol. The number of ether oxygens (including phenoxy) is 2. The lowest BCUT2D eigenvalue weighted by atomic mass is 9.98. The van der Waals surface area contributed by atoms with E-state index in [-0.39, 0.29) is 11.3 Å². The Balaban J connectivity index is 1.75. The van der Waals surface area contributed by atoms with Crippen LogP contribution in [0.5, 0.6) is 5.75 Å². The SMILES string of the molecule is C=C(CC(=O)Oc1cc(S(=O)(=O)O)cc2ccccc12)C(=O)OC1(CC)CCCC1. The van der Waals surface area contributed by atoms with E-state index in [2.05, 4.69) is 6.58 Å². The molecule has 0 spiro atoms. The minimum atomic E-state index is -4.50. The van der Waals surface area contributed by atoms with Gasteiger partial charge in [0.1, 0.15) is 11.4 Å². The molecule has 1 aliphatic rings. The number of rotatable bonds is 7. The van der Waals surface area contributed by atoms with Crippen molar-refractivity contribution in [2.24, 2.45) is 0 Å². The van der Waals surface area contributed by atoms with Crippen LogP contribution >= 0.6 is 0 Å². The zero-order valence-electron chi connectivity index (χ0n) is 16.7. The summed E-state index contributed by atoms with van der Waals surface area (Å²) in [5.74, 6) is -1.45. The van der Waals surface area contributed by atoms with Crippen LogP contribution in [-0.2, 0) is 24.4 Å². The lowest BCUT2D eigenvalue weighted by Gasteiger charge is -2.28. The Hall–Kier alpha value is -2.71. The third kappa shape index (κ3) is 4.88. The summed E-state index contributed by atoms with van der Waals surface area (Å²) >= 11 is 0. The van der Waals surface area contributed by atoms with E-state index >= 15 is 0 Å². The second-order valence-corrected chi connectivity index (χ2v) is 8.93. The largest absolute Gasteiger partial charge is 0.456 e. The van der Waals surface area contributed by atoms with E-state index in [1.54, 1.807) is 24.3 Å². The van der Waals surface area contributed by atoms with Crippen LogP contribution in [0.25, 0.3) is 10.8 Å². The fourth-order valence-corrected chi connectivity index (χ4v) is 4.24. The maximum atomic E-state index is 12.4. The van der Waals surface area contributed by atoms with Gasteiger partial charge < -0.3 is 9.47 Å². The molecule has 0 aromatic heterocycles. The molecule has 0 amide bonds. The molecular formula is C22H24O7S. The molecule has 2 aromatic rings. The Bertz CT molecular complexity index is 1100. The maximum Gasteiger partial charge on any atom is 0.334 e. The van der Waals surface area contributed by atoms with Crippen LogP contribution in [0.1, 0.15) is 45.4 Å². The van der Waals surface area contributed by atoms with Gasteiger partial charge in [-0.2, -0.15) is 8.42 Å². The number of benzene rings is 2.